The number of hydrogen-bond acceptors (Lipinski definition) is 5. The predicted octanol–water partition coefficient (Wildman–Crippen LogP) is 2.78. The van der Waals surface area contributed by atoms with Crippen LogP contribution in [-0.2, 0) is 14.8 Å². The summed E-state index contributed by atoms with van der Waals surface area (Å²) in [4.78, 5) is 14.6. The fourth-order valence-electron chi connectivity index (χ4n) is 3.76. The van der Waals surface area contributed by atoms with Gasteiger partial charge in [0.1, 0.15) is 11.9 Å². The Balaban J connectivity index is 1.60. The van der Waals surface area contributed by atoms with Gasteiger partial charge in [0.05, 0.1) is 17.4 Å². The molecule has 29 heavy (non-hydrogen) atoms. The first-order chi connectivity index (χ1) is 13.8. The van der Waals surface area contributed by atoms with Crippen molar-refractivity contribution >= 4 is 27.5 Å². The zero-order valence-electron chi connectivity index (χ0n) is 17.0. The molecule has 0 aromatic heterocycles. The highest BCUT2D eigenvalue weighted by Gasteiger charge is 2.27. The molecule has 0 unspecified atom stereocenters. The minimum atomic E-state index is -3.16. The maximum absolute atomic E-state index is 12.9. The molecule has 1 atom stereocenters. The van der Waals surface area contributed by atoms with Crippen LogP contribution in [0.5, 0.6) is 5.75 Å². The Morgan fingerprint density at radius 2 is 2.03 bits per heavy atom. The van der Waals surface area contributed by atoms with Gasteiger partial charge >= 0.3 is 0 Å². The molecule has 2 aliphatic rings. The smallest absolute Gasteiger partial charge is 0.253 e. The summed E-state index contributed by atoms with van der Waals surface area (Å²) in [6.07, 6.45) is 4.46. The normalized spacial score (nSPS) is 21.3. The third kappa shape index (κ3) is 5.84. The number of carbonyl (C=O) groups is 1. The van der Waals surface area contributed by atoms with Gasteiger partial charge in [-0.3, -0.25) is 4.79 Å². The Labute approximate surface area is 178 Å². The van der Waals surface area contributed by atoms with E-state index >= 15 is 0 Å². The van der Waals surface area contributed by atoms with Crippen LogP contribution in [0.3, 0.4) is 0 Å². The first-order valence-corrected chi connectivity index (χ1v) is 12.3. The van der Waals surface area contributed by atoms with Gasteiger partial charge in [-0.05, 0) is 50.8 Å². The monoisotopic (exact) mass is 444 g/mol. The molecule has 3 rings (SSSR count). The van der Waals surface area contributed by atoms with E-state index < -0.39 is 10.0 Å². The fraction of sp³-hybridized carbons (Fsp3) is 0.650. The van der Waals surface area contributed by atoms with Crippen LogP contribution < -0.4 is 4.74 Å². The number of halogens is 1. The largest absolute Gasteiger partial charge is 0.489 e. The van der Waals surface area contributed by atoms with Gasteiger partial charge in [-0.15, -0.1) is 0 Å². The van der Waals surface area contributed by atoms with Crippen LogP contribution in [0, 0.1) is 0 Å². The zero-order chi connectivity index (χ0) is 21.0. The second kappa shape index (κ2) is 9.64. The van der Waals surface area contributed by atoms with E-state index in [1.807, 2.05) is 6.92 Å². The van der Waals surface area contributed by atoms with E-state index in [1.54, 1.807) is 23.1 Å². The van der Waals surface area contributed by atoms with Gasteiger partial charge < -0.3 is 14.4 Å². The summed E-state index contributed by atoms with van der Waals surface area (Å²) in [7, 11) is -3.16. The standard InChI is InChI=1S/C20H29ClN2O5S/c1-3-22(14-17-5-4-12-27-17)20(24)15-6-7-19(18(21)13-15)28-16-8-10-23(11-9-16)29(2,25)26/h6-7,13,16-17H,3-5,8-12,14H2,1-2H3/t17-/m0/s1. The Hall–Kier alpha value is -1.35. The van der Waals surface area contributed by atoms with Gasteiger partial charge in [0.25, 0.3) is 5.91 Å². The lowest BCUT2D eigenvalue weighted by molar-refractivity contribution is 0.0539. The summed E-state index contributed by atoms with van der Waals surface area (Å²) in [5, 5.41) is 0.384. The van der Waals surface area contributed by atoms with Crippen molar-refractivity contribution in [2.45, 2.75) is 44.8 Å². The molecule has 0 bridgehead atoms. The summed E-state index contributed by atoms with van der Waals surface area (Å²) in [5.74, 6) is 0.445. The molecule has 7 nitrogen and oxygen atoms in total. The number of amides is 1. The average Bonchev–Trinajstić information content (AvgIpc) is 3.20. The molecular weight excluding hydrogens is 416 g/mol. The van der Waals surface area contributed by atoms with E-state index in [9.17, 15) is 13.2 Å². The molecule has 0 saturated carbocycles. The van der Waals surface area contributed by atoms with Crippen LogP contribution in [0.15, 0.2) is 18.2 Å². The molecule has 2 saturated heterocycles. The quantitative estimate of drug-likeness (QED) is 0.646. The van der Waals surface area contributed by atoms with E-state index in [0.29, 0.717) is 55.4 Å². The maximum atomic E-state index is 12.9. The molecule has 2 fully saturated rings. The number of benzene rings is 1. The molecule has 2 aliphatic heterocycles. The minimum Gasteiger partial charge on any atom is -0.489 e. The van der Waals surface area contributed by atoms with Crippen molar-refractivity contribution in [1.29, 1.82) is 0 Å². The van der Waals surface area contributed by atoms with Crippen molar-refractivity contribution in [3.63, 3.8) is 0 Å². The van der Waals surface area contributed by atoms with E-state index in [0.717, 1.165) is 19.4 Å². The van der Waals surface area contributed by atoms with Crippen LogP contribution in [-0.4, -0.2) is 74.8 Å². The lowest BCUT2D eigenvalue weighted by Gasteiger charge is -2.30. The second-order valence-corrected chi connectivity index (χ2v) is 9.99. The topological polar surface area (TPSA) is 76.2 Å². The molecule has 162 valence electrons. The highest BCUT2D eigenvalue weighted by atomic mass is 35.5. The van der Waals surface area contributed by atoms with Gasteiger partial charge in [-0.1, -0.05) is 11.6 Å². The van der Waals surface area contributed by atoms with Crippen LogP contribution >= 0.6 is 11.6 Å². The SMILES string of the molecule is CCN(C[C@@H]1CCCO1)C(=O)c1ccc(OC2CCN(S(C)(=O)=O)CC2)c(Cl)c1. The van der Waals surface area contributed by atoms with Gasteiger partial charge in [-0.25, -0.2) is 12.7 Å². The summed E-state index contributed by atoms with van der Waals surface area (Å²) in [6, 6.07) is 5.09. The van der Waals surface area contributed by atoms with Gasteiger partial charge in [0, 0.05) is 38.3 Å². The number of piperidine rings is 1. The van der Waals surface area contributed by atoms with Crippen LogP contribution in [0.2, 0.25) is 5.02 Å². The van der Waals surface area contributed by atoms with Gasteiger partial charge in [0.2, 0.25) is 10.0 Å². The molecule has 0 aliphatic carbocycles. The Kier molecular flexibility index (Phi) is 7.42. The Morgan fingerprint density at radius 3 is 2.59 bits per heavy atom. The van der Waals surface area contributed by atoms with Crippen LogP contribution in [0.1, 0.15) is 43.0 Å². The fourth-order valence-corrected chi connectivity index (χ4v) is 4.86. The van der Waals surface area contributed by atoms with E-state index in [-0.39, 0.29) is 18.1 Å². The first-order valence-electron chi connectivity index (χ1n) is 10.1. The summed E-state index contributed by atoms with van der Waals surface area (Å²) in [5.41, 5.74) is 0.522. The van der Waals surface area contributed by atoms with E-state index in [1.165, 1.54) is 10.6 Å². The summed E-state index contributed by atoms with van der Waals surface area (Å²) >= 11 is 6.39. The van der Waals surface area contributed by atoms with Crippen molar-refractivity contribution in [2.75, 3.05) is 39.0 Å². The van der Waals surface area contributed by atoms with Gasteiger partial charge in [0.15, 0.2) is 0 Å². The predicted molar refractivity (Wildman–Crippen MR) is 112 cm³/mol. The number of ether oxygens (including phenoxy) is 2. The Morgan fingerprint density at radius 1 is 1.31 bits per heavy atom. The van der Waals surface area contributed by atoms with Gasteiger partial charge in [-0.2, -0.15) is 0 Å². The molecule has 1 aromatic carbocycles. The average molecular weight is 445 g/mol. The lowest BCUT2D eigenvalue weighted by atomic mass is 10.1. The first kappa shape index (κ1) is 22.3. The van der Waals surface area contributed by atoms with Crippen LogP contribution in [0.25, 0.3) is 0 Å². The number of carbonyl (C=O) groups excluding carboxylic acids is 1. The number of rotatable bonds is 7. The number of nitrogens with zero attached hydrogens (tertiary/aromatic N) is 2. The van der Waals surface area contributed by atoms with Crippen molar-refractivity contribution < 1.29 is 22.7 Å². The molecule has 0 N–H and O–H groups in total. The molecule has 1 aromatic rings. The highest BCUT2D eigenvalue weighted by Crippen LogP contribution is 2.29. The number of hydrogen-bond donors (Lipinski definition) is 0. The van der Waals surface area contributed by atoms with E-state index in [2.05, 4.69) is 0 Å². The van der Waals surface area contributed by atoms with Crippen LogP contribution in [0.4, 0.5) is 0 Å². The maximum Gasteiger partial charge on any atom is 0.253 e. The van der Waals surface area contributed by atoms with Crippen molar-refractivity contribution in [3.8, 4) is 5.75 Å². The molecule has 1 amide bonds. The molecule has 2 heterocycles. The summed E-state index contributed by atoms with van der Waals surface area (Å²) < 4.78 is 36.3. The van der Waals surface area contributed by atoms with Crippen molar-refractivity contribution in [3.05, 3.63) is 28.8 Å². The number of likely N-dealkylation sites (N-methyl/N-ethyl adjacent to an activating group) is 1. The number of sulfonamides is 1. The zero-order valence-corrected chi connectivity index (χ0v) is 18.5. The third-order valence-corrected chi connectivity index (χ3v) is 7.06. The Bertz CT molecular complexity index is 818. The molecule has 0 radical (unpaired) electrons. The van der Waals surface area contributed by atoms with E-state index in [4.69, 9.17) is 21.1 Å². The third-order valence-electron chi connectivity index (χ3n) is 5.46. The minimum absolute atomic E-state index is 0.0714. The second-order valence-electron chi connectivity index (χ2n) is 7.60. The van der Waals surface area contributed by atoms with Crippen molar-refractivity contribution in [2.24, 2.45) is 0 Å². The molecular formula is C20H29ClN2O5S. The van der Waals surface area contributed by atoms with Crippen molar-refractivity contribution in [1.82, 2.24) is 9.21 Å². The highest BCUT2D eigenvalue weighted by molar-refractivity contribution is 7.88. The molecule has 0 spiro atoms. The lowest BCUT2D eigenvalue weighted by Crippen LogP contribution is -2.41. The summed E-state index contributed by atoms with van der Waals surface area (Å²) in [6.45, 7) is 4.78. The molecule has 9 heteroatoms.